The van der Waals surface area contributed by atoms with E-state index in [1.54, 1.807) is 35.8 Å². The average Bonchev–Trinajstić information content (AvgIpc) is 3.86. The number of para-hydroxylation sites is 1. The number of sulfonamides is 1. The van der Waals surface area contributed by atoms with E-state index in [0.717, 1.165) is 47.5 Å². The fourth-order valence-electron chi connectivity index (χ4n) is 5.87. The van der Waals surface area contributed by atoms with Gasteiger partial charge in [-0.2, -0.15) is 13.2 Å². The van der Waals surface area contributed by atoms with E-state index in [1.165, 1.54) is 4.90 Å². The predicted molar refractivity (Wildman–Crippen MR) is 231 cm³/mol. The Labute approximate surface area is 381 Å². The van der Waals surface area contributed by atoms with Crippen LogP contribution in [0.25, 0.3) is 0 Å². The maximum atomic E-state index is 12.7. The summed E-state index contributed by atoms with van der Waals surface area (Å²) >= 11 is 22.6. The minimum absolute atomic E-state index is 0.0371. The van der Waals surface area contributed by atoms with Crippen LogP contribution >= 0.6 is 46.4 Å². The van der Waals surface area contributed by atoms with E-state index < -0.39 is 59.4 Å². The molecule has 5 rings (SSSR count). The zero-order valence-corrected chi connectivity index (χ0v) is 38.3. The number of ether oxygens (including phenoxy) is 3. The zero-order valence-electron chi connectivity index (χ0n) is 34.5. The molecule has 3 aromatic carbocycles. The Kier molecular flexibility index (Phi) is 19.1. The molecule has 4 aromatic rings. The highest BCUT2D eigenvalue weighted by atomic mass is 35.5. The number of hydrogen-bond acceptors (Lipinski definition) is 11. The number of amides is 3. The Morgan fingerprint density at radius 3 is 2.29 bits per heavy atom. The van der Waals surface area contributed by atoms with Gasteiger partial charge < -0.3 is 23.5 Å². The first kappa shape index (κ1) is 52.7. The summed E-state index contributed by atoms with van der Waals surface area (Å²) in [4.78, 5) is 48.0. The van der Waals surface area contributed by atoms with Crippen molar-refractivity contribution in [1.29, 1.82) is 0 Å². The molecular weight excluding hydrogens is 943 g/mol. The number of aryl methyl sites for hydroxylation is 2. The van der Waals surface area contributed by atoms with Gasteiger partial charge in [-0.1, -0.05) is 59.9 Å². The third-order valence-corrected chi connectivity index (χ3v) is 10.2. The highest BCUT2D eigenvalue weighted by Gasteiger charge is 2.45. The normalized spacial score (nSPS) is 14.5. The number of rotatable bonds is 13. The van der Waals surface area contributed by atoms with Gasteiger partial charge >= 0.3 is 6.18 Å². The molecule has 0 radical (unpaired) electrons. The Hall–Kier alpha value is -4.63. The van der Waals surface area contributed by atoms with Crippen molar-refractivity contribution in [3.05, 3.63) is 116 Å². The van der Waals surface area contributed by atoms with Gasteiger partial charge in [-0.3, -0.25) is 29.4 Å². The quantitative estimate of drug-likeness (QED) is 0.0582. The van der Waals surface area contributed by atoms with E-state index in [4.69, 9.17) is 65.0 Å². The van der Waals surface area contributed by atoms with E-state index >= 15 is 0 Å². The first-order valence-corrected chi connectivity index (χ1v) is 22.2. The number of hydrogen-bond donors (Lipinski definition) is 1. The van der Waals surface area contributed by atoms with Gasteiger partial charge in [-0.05, 0) is 81.6 Å². The van der Waals surface area contributed by atoms with Crippen LogP contribution in [0.3, 0.4) is 0 Å². The van der Waals surface area contributed by atoms with Crippen LogP contribution in [0.1, 0.15) is 66.6 Å². The van der Waals surface area contributed by atoms with E-state index in [-0.39, 0.29) is 42.0 Å². The molecule has 1 aliphatic rings. The molecule has 1 saturated heterocycles. The Morgan fingerprint density at radius 2 is 1.76 bits per heavy atom. The summed E-state index contributed by atoms with van der Waals surface area (Å²) in [6.45, 7) is 10.8. The molecular formula is C40H43Cl4F3N4O11S. The summed E-state index contributed by atoms with van der Waals surface area (Å²) in [7, 11) is -4.00. The van der Waals surface area contributed by atoms with Gasteiger partial charge in [-0.25, -0.2) is 13.1 Å². The highest BCUT2D eigenvalue weighted by Crippen LogP contribution is 2.38. The van der Waals surface area contributed by atoms with Gasteiger partial charge in [0.05, 0.1) is 40.3 Å². The molecule has 2 heterocycles. The first-order valence-electron chi connectivity index (χ1n) is 18.5. The summed E-state index contributed by atoms with van der Waals surface area (Å²) in [5.41, 5.74) is 0.0425. The SMILES string of the molecule is CC1(C)OC(c2ccco2)CN1C(=O)C(Cl)Cl.CCOCN(C(=O)CCl)c1c(C)cccc1CC.CS(=O)(=O)NC(=O)c1cc(Oc2ccc(C(F)(F)F)cc2Cl)ccc1[N+](=O)[O-]. The summed E-state index contributed by atoms with van der Waals surface area (Å²) in [6.07, 6.45) is -1.78. The molecule has 63 heavy (non-hydrogen) atoms. The maximum absolute atomic E-state index is 12.7. The minimum Gasteiger partial charge on any atom is -0.467 e. The molecule has 344 valence electrons. The zero-order chi connectivity index (χ0) is 47.4. The average molecular weight is 987 g/mol. The number of furan rings is 1. The second kappa shape index (κ2) is 22.8. The van der Waals surface area contributed by atoms with Gasteiger partial charge in [-0.15, -0.1) is 11.6 Å². The lowest BCUT2D eigenvalue weighted by Gasteiger charge is -2.29. The highest BCUT2D eigenvalue weighted by molar-refractivity contribution is 7.89. The van der Waals surface area contributed by atoms with Crippen molar-refractivity contribution in [3.8, 4) is 11.5 Å². The number of carbonyl (C=O) groups is 3. The lowest BCUT2D eigenvalue weighted by molar-refractivity contribution is -0.385. The smallest absolute Gasteiger partial charge is 0.416 e. The summed E-state index contributed by atoms with van der Waals surface area (Å²) < 4.78 is 83.7. The van der Waals surface area contributed by atoms with Crippen LogP contribution in [0.4, 0.5) is 24.5 Å². The van der Waals surface area contributed by atoms with Crippen LogP contribution < -0.4 is 14.4 Å². The van der Waals surface area contributed by atoms with Crippen LogP contribution in [0.2, 0.25) is 5.02 Å². The van der Waals surface area contributed by atoms with Crippen LogP contribution in [-0.4, -0.2) is 78.5 Å². The molecule has 1 unspecified atom stereocenters. The lowest BCUT2D eigenvalue weighted by atomic mass is 10.0. The van der Waals surface area contributed by atoms with Crippen LogP contribution in [0.5, 0.6) is 11.5 Å². The number of nitro benzene ring substituents is 1. The van der Waals surface area contributed by atoms with Crippen molar-refractivity contribution < 1.29 is 59.5 Å². The van der Waals surface area contributed by atoms with Gasteiger partial charge in [0.2, 0.25) is 15.9 Å². The molecule has 3 amide bonds. The minimum atomic E-state index is -4.62. The van der Waals surface area contributed by atoms with Crippen molar-refractivity contribution in [2.45, 2.75) is 63.9 Å². The number of benzene rings is 3. The van der Waals surface area contributed by atoms with Gasteiger partial charge in [0.25, 0.3) is 17.5 Å². The third kappa shape index (κ3) is 15.0. The second-order valence-corrected chi connectivity index (χ2v) is 17.2. The molecule has 0 spiro atoms. The lowest BCUT2D eigenvalue weighted by Crippen LogP contribution is -2.45. The maximum Gasteiger partial charge on any atom is 0.416 e. The van der Waals surface area contributed by atoms with Crippen molar-refractivity contribution in [2.75, 3.05) is 36.9 Å². The van der Waals surface area contributed by atoms with Gasteiger partial charge in [0, 0.05) is 18.7 Å². The molecule has 1 fully saturated rings. The molecule has 0 bridgehead atoms. The summed E-state index contributed by atoms with van der Waals surface area (Å²) in [5, 5.41) is 10.7. The number of nitro groups is 1. The van der Waals surface area contributed by atoms with Crippen LogP contribution in [0, 0.1) is 17.0 Å². The van der Waals surface area contributed by atoms with Gasteiger partial charge in [0.1, 0.15) is 47.3 Å². The number of anilines is 1. The fraction of sp³-hybridized carbons (Fsp3) is 0.375. The first-order chi connectivity index (χ1) is 29.3. The monoisotopic (exact) mass is 984 g/mol. The number of carbonyl (C=O) groups excluding carboxylic acids is 3. The fourth-order valence-corrected chi connectivity index (χ4v) is 6.91. The topological polar surface area (TPSA) is 188 Å². The number of alkyl halides is 6. The number of halogens is 7. The van der Waals surface area contributed by atoms with E-state index in [0.29, 0.717) is 37.3 Å². The van der Waals surface area contributed by atoms with E-state index in [9.17, 15) is 46.1 Å². The largest absolute Gasteiger partial charge is 0.467 e. The van der Waals surface area contributed by atoms with Crippen molar-refractivity contribution in [1.82, 2.24) is 9.62 Å². The number of nitrogens with one attached hydrogen (secondary N) is 1. The van der Waals surface area contributed by atoms with Crippen LogP contribution in [0.15, 0.2) is 77.4 Å². The summed E-state index contributed by atoms with van der Waals surface area (Å²) in [5.74, 6) is -1.51. The Bertz CT molecular complexity index is 2350. The molecule has 15 nitrogen and oxygen atoms in total. The molecule has 1 aromatic heterocycles. The molecule has 1 N–H and O–H groups in total. The van der Waals surface area contributed by atoms with Crippen molar-refractivity contribution >= 4 is 85.5 Å². The van der Waals surface area contributed by atoms with Crippen LogP contribution in [-0.2, 0) is 41.7 Å². The Balaban J connectivity index is 0.000000263. The Morgan fingerprint density at radius 1 is 1.08 bits per heavy atom. The second-order valence-electron chi connectivity index (χ2n) is 13.7. The number of nitrogens with zero attached hydrogens (tertiary/aromatic N) is 3. The molecule has 0 aliphatic carbocycles. The molecule has 23 heteroatoms. The van der Waals surface area contributed by atoms with Crippen molar-refractivity contribution in [2.24, 2.45) is 0 Å². The standard InChI is InChI=1S/C15H10ClF3N2O6S.C14H20ClNO2.C11H13Cl2NO3/c1-28(25,26)20-14(22)10-7-9(3-4-12(10)21(23)24)27-13-5-2-8(6-11(13)16)15(17,18)19;1-4-12-8-6-7-11(3)14(12)16(10-18-5-2)13(17)9-15;1-11(2)14(10(15)9(12)13)6-8(17-11)7-4-3-5-16-7/h2-7H,1H3,(H,20,22);6-8H,4-5,9-10H2,1-3H3;3-5,8-9H,6H2,1-2H3. The summed E-state index contributed by atoms with van der Waals surface area (Å²) in [6, 6.07) is 14.7. The van der Waals surface area contributed by atoms with Crippen molar-refractivity contribution in [3.63, 3.8) is 0 Å². The van der Waals surface area contributed by atoms with Gasteiger partial charge in [0.15, 0.2) is 4.84 Å². The molecule has 1 atom stereocenters. The molecule has 0 saturated carbocycles. The van der Waals surface area contributed by atoms with E-state index in [2.05, 4.69) is 6.92 Å². The predicted octanol–water partition coefficient (Wildman–Crippen LogP) is 9.59. The molecule has 1 aliphatic heterocycles. The third-order valence-electron chi connectivity index (χ3n) is 8.73. The van der Waals surface area contributed by atoms with E-state index in [1.807, 2.05) is 38.1 Å².